The molecule has 0 heterocycles. The van der Waals surface area contributed by atoms with Gasteiger partial charge in [0.1, 0.15) is 0 Å². The highest BCUT2D eigenvalue weighted by Crippen LogP contribution is 2.47. The highest BCUT2D eigenvalue weighted by atomic mass is 16.3. The largest absolute Gasteiger partial charge is 0.394 e. The number of rotatable bonds is 6. The van der Waals surface area contributed by atoms with Crippen LogP contribution in [0.15, 0.2) is 30.3 Å². The van der Waals surface area contributed by atoms with Crippen LogP contribution in [0, 0.1) is 5.92 Å². The second-order valence-electron chi connectivity index (χ2n) is 6.80. The molecule has 4 heteroatoms. The lowest BCUT2D eigenvalue weighted by atomic mass is 9.96. The van der Waals surface area contributed by atoms with Crippen molar-refractivity contribution in [2.24, 2.45) is 5.92 Å². The van der Waals surface area contributed by atoms with E-state index in [9.17, 15) is 9.90 Å². The summed E-state index contributed by atoms with van der Waals surface area (Å²) in [5.41, 5.74) is 0.943. The fraction of sp³-hybridized carbons (Fsp3) is 0.588. The van der Waals surface area contributed by atoms with E-state index in [-0.39, 0.29) is 18.1 Å². The topological polar surface area (TPSA) is 61.4 Å². The van der Waals surface area contributed by atoms with E-state index in [0.717, 1.165) is 25.7 Å². The summed E-state index contributed by atoms with van der Waals surface area (Å²) in [6.07, 6.45) is 4.42. The van der Waals surface area contributed by atoms with Crippen LogP contribution in [0.4, 0.5) is 4.79 Å². The molecule has 1 aromatic rings. The van der Waals surface area contributed by atoms with E-state index in [0.29, 0.717) is 12.5 Å². The summed E-state index contributed by atoms with van der Waals surface area (Å²) in [7, 11) is 0. The van der Waals surface area contributed by atoms with Crippen molar-refractivity contribution < 1.29 is 9.90 Å². The Balaban J connectivity index is 1.54. The van der Waals surface area contributed by atoms with Gasteiger partial charge in [0.05, 0.1) is 12.1 Å². The van der Waals surface area contributed by atoms with Crippen molar-refractivity contribution in [3.63, 3.8) is 0 Å². The number of benzene rings is 1. The van der Waals surface area contributed by atoms with Gasteiger partial charge >= 0.3 is 6.03 Å². The molecule has 0 aliphatic heterocycles. The molecule has 114 valence electrons. The molecule has 1 atom stereocenters. The highest BCUT2D eigenvalue weighted by molar-refractivity contribution is 5.75. The SMILES string of the molecule is C[C@](CO)(NC(=O)NCC1(c2ccccc2)CC1)C1CC1. The highest BCUT2D eigenvalue weighted by Gasteiger charge is 2.45. The predicted molar refractivity (Wildman–Crippen MR) is 82.1 cm³/mol. The molecule has 0 saturated heterocycles. The summed E-state index contributed by atoms with van der Waals surface area (Å²) in [6.45, 7) is 2.58. The van der Waals surface area contributed by atoms with E-state index in [4.69, 9.17) is 0 Å². The zero-order chi connectivity index (χ0) is 14.9. The third-order valence-corrected chi connectivity index (χ3v) is 5.03. The van der Waals surface area contributed by atoms with Crippen LogP contribution < -0.4 is 10.6 Å². The Labute approximate surface area is 125 Å². The molecule has 3 rings (SSSR count). The maximum atomic E-state index is 12.1. The zero-order valence-corrected chi connectivity index (χ0v) is 12.6. The molecular formula is C17H24N2O2. The lowest BCUT2D eigenvalue weighted by molar-refractivity contribution is 0.155. The summed E-state index contributed by atoms with van der Waals surface area (Å²) in [5.74, 6) is 0.414. The van der Waals surface area contributed by atoms with Crippen LogP contribution in [0.5, 0.6) is 0 Å². The Bertz CT molecular complexity index is 509. The Kier molecular flexibility index (Phi) is 3.66. The van der Waals surface area contributed by atoms with Crippen LogP contribution in [-0.2, 0) is 5.41 Å². The zero-order valence-electron chi connectivity index (χ0n) is 12.6. The summed E-state index contributed by atoms with van der Waals surface area (Å²) < 4.78 is 0. The first kappa shape index (κ1) is 14.4. The first-order valence-corrected chi connectivity index (χ1v) is 7.80. The average molecular weight is 288 g/mol. The van der Waals surface area contributed by atoms with Crippen molar-refractivity contribution in [3.05, 3.63) is 35.9 Å². The number of aliphatic hydroxyl groups is 1. The molecular weight excluding hydrogens is 264 g/mol. The second-order valence-corrected chi connectivity index (χ2v) is 6.80. The maximum Gasteiger partial charge on any atom is 0.315 e. The fourth-order valence-corrected chi connectivity index (χ4v) is 3.05. The molecule has 1 aromatic carbocycles. The number of hydrogen-bond donors (Lipinski definition) is 3. The van der Waals surface area contributed by atoms with Crippen LogP contribution in [0.1, 0.15) is 38.2 Å². The molecule has 2 amide bonds. The normalized spacial score (nSPS) is 22.2. The number of nitrogens with one attached hydrogen (secondary N) is 2. The van der Waals surface area contributed by atoms with Crippen molar-refractivity contribution in [2.75, 3.05) is 13.2 Å². The first-order chi connectivity index (χ1) is 10.1. The van der Waals surface area contributed by atoms with Gasteiger partial charge in [-0.25, -0.2) is 4.79 Å². The number of aliphatic hydroxyl groups excluding tert-OH is 1. The standard InChI is InChI=1S/C17H24N2O2/c1-16(12-20,13-7-8-13)19-15(21)18-11-17(9-10-17)14-5-3-2-4-6-14/h2-6,13,20H,7-12H2,1H3,(H2,18,19,21)/t16-/m1/s1. The van der Waals surface area contributed by atoms with Gasteiger partial charge in [0.25, 0.3) is 0 Å². The van der Waals surface area contributed by atoms with Crippen molar-refractivity contribution in [1.29, 1.82) is 0 Å². The predicted octanol–water partition coefficient (Wildman–Crippen LogP) is 2.18. The van der Waals surface area contributed by atoms with Gasteiger partial charge in [0.15, 0.2) is 0 Å². The fourth-order valence-electron chi connectivity index (χ4n) is 3.05. The lowest BCUT2D eigenvalue weighted by Crippen LogP contribution is -2.54. The maximum absolute atomic E-state index is 12.1. The van der Waals surface area contributed by atoms with E-state index in [1.165, 1.54) is 5.56 Å². The lowest BCUT2D eigenvalue weighted by Gasteiger charge is -2.29. The minimum atomic E-state index is -0.479. The van der Waals surface area contributed by atoms with Crippen molar-refractivity contribution >= 4 is 6.03 Å². The van der Waals surface area contributed by atoms with E-state index >= 15 is 0 Å². The Morgan fingerprint density at radius 3 is 2.52 bits per heavy atom. The summed E-state index contributed by atoms with van der Waals surface area (Å²) in [4.78, 5) is 12.1. The van der Waals surface area contributed by atoms with Crippen LogP contribution >= 0.6 is 0 Å². The van der Waals surface area contributed by atoms with Crippen molar-refractivity contribution in [3.8, 4) is 0 Å². The molecule has 0 spiro atoms. The second kappa shape index (κ2) is 5.34. The first-order valence-electron chi connectivity index (χ1n) is 7.80. The van der Waals surface area contributed by atoms with Crippen molar-refractivity contribution in [2.45, 2.75) is 43.6 Å². The summed E-state index contributed by atoms with van der Waals surface area (Å²) >= 11 is 0. The van der Waals surface area contributed by atoms with Crippen molar-refractivity contribution in [1.82, 2.24) is 10.6 Å². The Morgan fingerprint density at radius 2 is 2.00 bits per heavy atom. The Hall–Kier alpha value is -1.55. The van der Waals surface area contributed by atoms with Gasteiger partial charge in [-0.2, -0.15) is 0 Å². The molecule has 4 nitrogen and oxygen atoms in total. The van der Waals surface area contributed by atoms with Gasteiger partial charge < -0.3 is 15.7 Å². The van der Waals surface area contributed by atoms with Crippen LogP contribution in [0.25, 0.3) is 0 Å². The number of hydrogen-bond acceptors (Lipinski definition) is 2. The van der Waals surface area contributed by atoms with E-state index < -0.39 is 5.54 Å². The number of carbonyl (C=O) groups excluding carboxylic acids is 1. The third kappa shape index (κ3) is 3.05. The summed E-state index contributed by atoms with van der Waals surface area (Å²) in [5, 5.41) is 15.5. The van der Waals surface area contributed by atoms with Gasteiger partial charge in [-0.15, -0.1) is 0 Å². The van der Waals surface area contributed by atoms with Gasteiger partial charge in [0.2, 0.25) is 0 Å². The molecule has 2 saturated carbocycles. The number of amides is 2. The van der Waals surface area contributed by atoms with Gasteiger partial charge in [-0.3, -0.25) is 0 Å². The average Bonchev–Trinajstić information content (AvgIpc) is 3.40. The molecule has 2 aliphatic rings. The van der Waals surface area contributed by atoms with E-state index in [1.807, 2.05) is 25.1 Å². The molecule has 0 radical (unpaired) electrons. The van der Waals surface area contributed by atoms with Gasteiger partial charge in [0, 0.05) is 12.0 Å². The molecule has 0 aromatic heterocycles. The van der Waals surface area contributed by atoms with Crippen LogP contribution in [-0.4, -0.2) is 29.8 Å². The minimum absolute atomic E-state index is 0.00504. The molecule has 3 N–H and O–H groups in total. The molecule has 2 fully saturated rings. The quantitative estimate of drug-likeness (QED) is 0.751. The molecule has 0 unspecified atom stereocenters. The third-order valence-electron chi connectivity index (χ3n) is 5.03. The number of urea groups is 1. The molecule has 21 heavy (non-hydrogen) atoms. The van der Waals surface area contributed by atoms with E-state index in [1.54, 1.807) is 0 Å². The smallest absolute Gasteiger partial charge is 0.315 e. The van der Waals surface area contributed by atoms with E-state index in [2.05, 4.69) is 22.8 Å². The van der Waals surface area contributed by atoms with Crippen LogP contribution in [0.2, 0.25) is 0 Å². The monoisotopic (exact) mass is 288 g/mol. The number of carbonyl (C=O) groups is 1. The molecule has 2 aliphatic carbocycles. The Morgan fingerprint density at radius 1 is 1.33 bits per heavy atom. The van der Waals surface area contributed by atoms with Gasteiger partial charge in [-0.1, -0.05) is 30.3 Å². The molecule has 0 bridgehead atoms. The summed E-state index contributed by atoms with van der Waals surface area (Å²) in [6, 6.07) is 10.2. The van der Waals surface area contributed by atoms with Gasteiger partial charge in [-0.05, 0) is 44.1 Å². The van der Waals surface area contributed by atoms with Crippen LogP contribution in [0.3, 0.4) is 0 Å². The minimum Gasteiger partial charge on any atom is -0.394 e.